The highest BCUT2D eigenvalue weighted by Crippen LogP contribution is 2.01. The lowest BCUT2D eigenvalue weighted by Crippen LogP contribution is -2.37. The molecular weight excluding hydrogens is 220 g/mol. The van der Waals surface area contributed by atoms with Crippen LogP contribution in [0.25, 0.3) is 0 Å². The molecule has 0 rings (SSSR count). The Hall–Kier alpha value is -0.560. The Morgan fingerprint density at radius 3 is 2.67 bits per heavy atom. The molecule has 68 valence electrons. The van der Waals surface area contributed by atoms with Gasteiger partial charge in [0.1, 0.15) is 0 Å². The minimum atomic E-state index is -0.190. The maximum absolute atomic E-state index is 11.1. The van der Waals surface area contributed by atoms with E-state index in [2.05, 4.69) is 21.2 Å². The van der Waals surface area contributed by atoms with E-state index in [9.17, 15) is 4.79 Å². The van der Waals surface area contributed by atoms with Crippen LogP contribution >= 0.6 is 15.9 Å². The lowest BCUT2D eigenvalue weighted by molar-refractivity contribution is -0.120. The van der Waals surface area contributed by atoms with Crippen LogP contribution in [-0.2, 0) is 4.79 Å². The predicted molar refractivity (Wildman–Crippen MR) is 50.8 cm³/mol. The summed E-state index contributed by atoms with van der Waals surface area (Å²) in [6.07, 6.45) is 1.17. The Balaban J connectivity index is 3.87. The quantitative estimate of drug-likeness (QED) is 0.749. The first-order valence-corrected chi connectivity index (χ1v) is 4.84. The minimum Gasteiger partial charge on any atom is -0.351 e. The lowest BCUT2D eigenvalue weighted by atomic mass is 10.1. The molecule has 0 aliphatic heterocycles. The molecule has 0 radical (unpaired) electrons. The number of halogens is 1. The van der Waals surface area contributed by atoms with Crippen molar-refractivity contribution in [2.24, 2.45) is 0 Å². The van der Waals surface area contributed by atoms with Crippen LogP contribution in [0.1, 0.15) is 26.7 Å². The summed E-state index contributed by atoms with van der Waals surface area (Å²) in [4.78, 5) is 10.9. The number of hydrogen-bond acceptors (Lipinski definition) is 2. The molecule has 4 heteroatoms. The molecular formula is C8H13BrN2O. The van der Waals surface area contributed by atoms with Crippen molar-refractivity contribution in [1.82, 2.24) is 5.32 Å². The van der Waals surface area contributed by atoms with Gasteiger partial charge >= 0.3 is 0 Å². The Labute approximate surface area is 81.3 Å². The molecule has 0 aromatic carbocycles. The molecule has 3 nitrogen and oxygen atoms in total. The molecule has 2 atom stereocenters. The van der Waals surface area contributed by atoms with E-state index in [-0.39, 0.29) is 16.8 Å². The summed E-state index contributed by atoms with van der Waals surface area (Å²) >= 11 is 3.15. The van der Waals surface area contributed by atoms with Gasteiger partial charge in [-0.1, -0.05) is 22.9 Å². The minimum absolute atomic E-state index is 0.0116. The smallest absolute Gasteiger partial charge is 0.233 e. The summed E-state index contributed by atoms with van der Waals surface area (Å²) in [7, 11) is 0. The van der Waals surface area contributed by atoms with E-state index in [4.69, 9.17) is 5.26 Å². The second kappa shape index (κ2) is 6.01. The fourth-order valence-electron chi connectivity index (χ4n) is 0.724. The maximum Gasteiger partial charge on any atom is 0.233 e. The molecule has 1 N–H and O–H groups in total. The van der Waals surface area contributed by atoms with Crippen LogP contribution in [0.5, 0.6) is 0 Å². The summed E-state index contributed by atoms with van der Waals surface area (Å²) in [6, 6.07) is 2.02. The molecule has 0 saturated carbocycles. The van der Waals surface area contributed by atoms with Crippen molar-refractivity contribution in [1.29, 1.82) is 5.26 Å². The van der Waals surface area contributed by atoms with Crippen LogP contribution in [0, 0.1) is 11.3 Å². The van der Waals surface area contributed by atoms with Gasteiger partial charge < -0.3 is 5.32 Å². The molecule has 0 spiro atoms. The summed E-state index contributed by atoms with van der Waals surface area (Å²) in [5, 5.41) is 11.2. The zero-order chi connectivity index (χ0) is 9.56. The Morgan fingerprint density at radius 2 is 2.33 bits per heavy atom. The fraction of sp³-hybridized carbons (Fsp3) is 0.750. The molecule has 12 heavy (non-hydrogen) atoms. The third-order valence-electron chi connectivity index (χ3n) is 1.54. The van der Waals surface area contributed by atoms with Crippen LogP contribution in [0.15, 0.2) is 0 Å². The predicted octanol–water partition coefficient (Wildman–Crippen LogP) is 1.58. The molecule has 1 amide bonds. The number of carbonyl (C=O) groups is 1. The van der Waals surface area contributed by atoms with Crippen molar-refractivity contribution >= 4 is 21.8 Å². The maximum atomic E-state index is 11.1. The Kier molecular flexibility index (Phi) is 5.73. The zero-order valence-corrected chi connectivity index (χ0v) is 8.89. The van der Waals surface area contributed by atoms with Crippen LogP contribution in [-0.4, -0.2) is 16.8 Å². The first-order valence-electron chi connectivity index (χ1n) is 3.93. The van der Waals surface area contributed by atoms with E-state index >= 15 is 0 Å². The van der Waals surface area contributed by atoms with Gasteiger partial charge in [0.25, 0.3) is 0 Å². The molecule has 0 aromatic heterocycles. The van der Waals surface area contributed by atoms with E-state index in [1.54, 1.807) is 6.92 Å². The third kappa shape index (κ3) is 4.35. The Bertz CT molecular complexity index is 186. The Morgan fingerprint density at radius 1 is 1.75 bits per heavy atom. The summed E-state index contributed by atoms with van der Waals surface area (Å²) < 4.78 is 0. The van der Waals surface area contributed by atoms with Gasteiger partial charge in [0.15, 0.2) is 0 Å². The number of amides is 1. The standard InChI is InChI=1S/C8H13BrN2O/c1-3-7(4-5-10)11-8(12)6(2)9/h6-7H,3-4H2,1-2H3,(H,11,12). The number of hydrogen-bond donors (Lipinski definition) is 1. The van der Waals surface area contributed by atoms with Crippen molar-refractivity contribution in [3.8, 4) is 6.07 Å². The average molecular weight is 233 g/mol. The van der Waals surface area contributed by atoms with E-state index in [0.29, 0.717) is 6.42 Å². The van der Waals surface area contributed by atoms with Crippen LogP contribution in [0.3, 0.4) is 0 Å². The number of rotatable bonds is 4. The largest absolute Gasteiger partial charge is 0.351 e. The van der Waals surface area contributed by atoms with Crippen molar-refractivity contribution in [3.63, 3.8) is 0 Å². The van der Waals surface area contributed by atoms with Gasteiger partial charge in [-0.3, -0.25) is 4.79 Å². The number of alkyl halides is 1. The highest BCUT2D eigenvalue weighted by Gasteiger charge is 2.13. The number of nitrogens with zero attached hydrogens (tertiary/aromatic N) is 1. The topological polar surface area (TPSA) is 52.9 Å². The second-order valence-corrected chi connectivity index (χ2v) is 3.97. The van der Waals surface area contributed by atoms with Crippen molar-refractivity contribution in [3.05, 3.63) is 0 Å². The lowest BCUT2D eigenvalue weighted by Gasteiger charge is -2.14. The first-order chi connectivity index (χ1) is 5.61. The summed E-state index contributed by atoms with van der Waals surface area (Å²) in [5.74, 6) is -0.0582. The third-order valence-corrected chi connectivity index (χ3v) is 1.95. The molecule has 2 unspecified atom stereocenters. The van der Waals surface area contributed by atoms with Crippen molar-refractivity contribution in [2.75, 3.05) is 0 Å². The van der Waals surface area contributed by atoms with Crippen molar-refractivity contribution < 1.29 is 4.79 Å². The van der Waals surface area contributed by atoms with E-state index in [1.165, 1.54) is 0 Å². The molecule has 0 aliphatic rings. The fourth-order valence-corrected chi connectivity index (χ4v) is 0.856. The number of nitrogens with one attached hydrogen (secondary N) is 1. The molecule has 0 aromatic rings. The van der Waals surface area contributed by atoms with Gasteiger partial charge in [-0.05, 0) is 13.3 Å². The molecule has 0 fully saturated rings. The van der Waals surface area contributed by atoms with E-state index in [0.717, 1.165) is 6.42 Å². The van der Waals surface area contributed by atoms with Gasteiger partial charge in [-0.25, -0.2) is 0 Å². The van der Waals surface area contributed by atoms with Crippen LogP contribution < -0.4 is 5.32 Å². The highest BCUT2D eigenvalue weighted by molar-refractivity contribution is 9.10. The normalized spacial score (nSPS) is 14.5. The molecule has 0 heterocycles. The molecule has 0 aliphatic carbocycles. The SMILES string of the molecule is CCC(CC#N)NC(=O)C(C)Br. The van der Waals surface area contributed by atoms with Crippen LogP contribution in [0.4, 0.5) is 0 Å². The molecule has 0 saturated heterocycles. The van der Waals surface area contributed by atoms with Gasteiger partial charge in [0.2, 0.25) is 5.91 Å². The van der Waals surface area contributed by atoms with Gasteiger partial charge in [-0.2, -0.15) is 5.26 Å². The summed E-state index contributed by atoms with van der Waals surface area (Å²) in [5.41, 5.74) is 0. The number of carbonyl (C=O) groups excluding carboxylic acids is 1. The highest BCUT2D eigenvalue weighted by atomic mass is 79.9. The molecule has 0 bridgehead atoms. The second-order valence-electron chi connectivity index (χ2n) is 2.59. The summed E-state index contributed by atoms with van der Waals surface area (Å²) in [6.45, 7) is 3.70. The van der Waals surface area contributed by atoms with E-state index < -0.39 is 0 Å². The monoisotopic (exact) mass is 232 g/mol. The van der Waals surface area contributed by atoms with Gasteiger partial charge in [0, 0.05) is 6.04 Å². The average Bonchev–Trinajstić information content (AvgIpc) is 2.03. The van der Waals surface area contributed by atoms with Crippen LogP contribution in [0.2, 0.25) is 0 Å². The number of nitriles is 1. The van der Waals surface area contributed by atoms with Gasteiger partial charge in [0.05, 0.1) is 17.3 Å². The van der Waals surface area contributed by atoms with Crippen molar-refractivity contribution in [2.45, 2.75) is 37.6 Å². The zero-order valence-electron chi connectivity index (χ0n) is 7.30. The van der Waals surface area contributed by atoms with E-state index in [1.807, 2.05) is 13.0 Å². The van der Waals surface area contributed by atoms with Gasteiger partial charge in [-0.15, -0.1) is 0 Å². The first kappa shape index (κ1) is 11.4.